The van der Waals surface area contributed by atoms with Crippen LogP contribution in [-0.2, 0) is 19.1 Å². The number of hydrogen-bond donors (Lipinski definition) is 2. The minimum Gasteiger partial charge on any atom is -0.385 e. The molecule has 1 atom stereocenters. The zero-order chi connectivity index (χ0) is 26.7. The summed E-state index contributed by atoms with van der Waals surface area (Å²) in [5, 5.41) is 5.59. The van der Waals surface area contributed by atoms with E-state index in [0.717, 1.165) is 38.0 Å². The first-order valence-electron chi connectivity index (χ1n) is 13.7. The first kappa shape index (κ1) is 33.8. The van der Waals surface area contributed by atoms with Gasteiger partial charge >= 0.3 is 0 Å². The molecule has 2 amide bonds. The van der Waals surface area contributed by atoms with Gasteiger partial charge in [0.15, 0.2) is 0 Å². The van der Waals surface area contributed by atoms with E-state index in [1.165, 1.54) is 50.2 Å². The van der Waals surface area contributed by atoms with Crippen LogP contribution in [0.2, 0.25) is 0 Å². The van der Waals surface area contributed by atoms with Gasteiger partial charge in [0.05, 0.1) is 6.61 Å². The van der Waals surface area contributed by atoms with Crippen molar-refractivity contribution in [3.05, 3.63) is 48.2 Å². The molecule has 0 aliphatic rings. The van der Waals surface area contributed by atoms with Crippen molar-refractivity contribution in [2.45, 2.75) is 90.9 Å². The summed E-state index contributed by atoms with van der Waals surface area (Å²) in [4.78, 5) is 23.3. The average molecular weight is 505 g/mol. The van der Waals surface area contributed by atoms with E-state index in [1.54, 1.807) is 32.6 Å². The molecule has 0 aromatic heterocycles. The van der Waals surface area contributed by atoms with Crippen molar-refractivity contribution < 1.29 is 19.1 Å². The Balaban J connectivity index is 3.68. The highest BCUT2D eigenvalue weighted by Gasteiger charge is 2.04. The lowest BCUT2D eigenvalue weighted by Gasteiger charge is -2.11. The third-order valence-corrected chi connectivity index (χ3v) is 5.92. The molecule has 0 rings (SSSR count). The Bertz CT molecular complexity index is 668. The summed E-state index contributed by atoms with van der Waals surface area (Å²) in [7, 11) is 3.29. The fourth-order valence-corrected chi connectivity index (χ4v) is 3.71. The van der Waals surface area contributed by atoms with E-state index in [0.29, 0.717) is 26.2 Å². The molecule has 0 saturated heterocycles. The van der Waals surface area contributed by atoms with Crippen LogP contribution in [0.3, 0.4) is 0 Å². The van der Waals surface area contributed by atoms with Gasteiger partial charge in [-0.15, -0.1) is 0 Å². The molecule has 0 radical (unpaired) electrons. The van der Waals surface area contributed by atoms with E-state index < -0.39 is 0 Å². The number of carbonyl (C=O) groups excluding carboxylic acids is 2. The van der Waals surface area contributed by atoms with Crippen LogP contribution in [0, 0.1) is 5.92 Å². The van der Waals surface area contributed by atoms with Crippen LogP contribution in [0.15, 0.2) is 48.2 Å². The summed E-state index contributed by atoms with van der Waals surface area (Å²) < 4.78 is 9.85. The molecule has 0 fully saturated rings. The smallest absolute Gasteiger partial charge is 0.247 e. The topological polar surface area (TPSA) is 76.7 Å². The van der Waals surface area contributed by atoms with Gasteiger partial charge < -0.3 is 20.1 Å². The number of ether oxygens (including phenoxy) is 2. The van der Waals surface area contributed by atoms with Gasteiger partial charge in [-0.05, 0) is 51.0 Å². The molecule has 0 heterocycles. The van der Waals surface area contributed by atoms with Gasteiger partial charge in [0.1, 0.15) is 0 Å². The zero-order valence-electron chi connectivity index (χ0n) is 23.4. The Morgan fingerprint density at radius 2 is 1.58 bits per heavy atom. The van der Waals surface area contributed by atoms with E-state index in [-0.39, 0.29) is 11.8 Å². The molecule has 0 spiro atoms. The molecule has 0 saturated carbocycles. The van der Waals surface area contributed by atoms with E-state index in [4.69, 9.17) is 9.47 Å². The quantitative estimate of drug-likeness (QED) is 0.0730. The summed E-state index contributed by atoms with van der Waals surface area (Å²) in [6, 6.07) is 0. The lowest BCUT2D eigenvalue weighted by atomic mass is 9.95. The van der Waals surface area contributed by atoms with E-state index in [2.05, 4.69) is 36.6 Å². The number of unbranched alkanes of at least 4 members (excludes halogenated alkanes) is 4. The van der Waals surface area contributed by atoms with Crippen molar-refractivity contribution in [2.24, 2.45) is 5.92 Å². The number of allylic oxidation sites excluding steroid dienone is 5. The molecule has 0 aliphatic heterocycles. The molecule has 0 aliphatic carbocycles. The molecular weight excluding hydrogens is 452 g/mol. The maximum atomic E-state index is 11.7. The van der Waals surface area contributed by atoms with Crippen molar-refractivity contribution in [2.75, 3.05) is 34.0 Å². The molecule has 1 unspecified atom stereocenters. The van der Waals surface area contributed by atoms with Crippen LogP contribution in [0.25, 0.3) is 0 Å². The van der Waals surface area contributed by atoms with Crippen molar-refractivity contribution in [3.8, 4) is 0 Å². The molecule has 0 aromatic carbocycles. The first-order chi connectivity index (χ1) is 17.5. The predicted octanol–water partition coefficient (Wildman–Crippen LogP) is 6.40. The van der Waals surface area contributed by atoms with Gasteiger partial charge in [0.25, 0.3) is 0 Å². The number of nitrogens with one attached hydrogen (secondary N) is 2. The molecule has 0 aromatic rings. The molecule has 2 N–H and O–H groups in total. The third-order valence-electron chi connectivity index (χ3n) is 5.92. The van der Waals surface area contributed by atoms with Crippen molar-refractivity contribution in [1.29, 1.82) is 0 Å². The summed E-state index contributed by atoms with van der Waals surface area (Å²) in [5.41, 5.74) is 1.43. The van der Waals surface area contributed by atoms with Gasteiger partial charge in [-0.2, -0.15) is 0 Å². The molecule has 6 heteroatoms. The second-order valence-corrected chi connectivity index (χ2v) is 9.44. The standard InChI is InChI=1S/C30H52N2O4/c1-27(17-9-5-7-11-21-29(33)31-23-15-25-35-3)19-13-14-20-28(2)18-10-6-8-12-22-30(34)32-24-16-26-36-4/h5,7,11,15,17,21,23,28H,6,8-10,12-14,16,18-20,22,24-26H2,1-4H3,(H,31,33)(H,32,34)/b7-5+,21-11+,23-15+,27-17+. The van der Waals surface area contributed by atoms with Crippen molar-refractivity contribution >= 4 is 11.8 Å². The summed E-state index contributed by atoms with van der Waals surface area (Å²) >= 11 is 0. The second kappa shape index (κ2) is 25.9. The monoisotopic (exact) mass is 504 g/mol. The average Bonchev–Trinajstić information content (AvgIpc) is 2.86. The highest BCUT2D eigenvalue weighted by molar-refractivity contribution is 5.88. The number of hydrogen-bond acceptors (Lipinski definition) is 4. The Labute approximate surface area is 220 Å². The lowest BCUT2D eigenvalue weighted by Crippen LogP contribution is -2.24. The molecule has 206 valence electrons. The summed E-state index contributed by atoms with van der Waals surface area (Å²) in [6.45, 7) is 6.46. The van der Waals surface area contributed by atoms with Crippen LogP contribution in [0.1, 0.15) is 90.9 Å². The van der Waals surface area contributed by atoms with Gasteiger partial charge in [-0.1, -0.05) is 75.3 Å². The molecule has 0 bridgehead atoms. The number of rotatable bonds is 23. The molecular formula is C30H52N2O4. The van der Waals surface area contributed by atoms with Crippen LogP contribution >= 0.6 is 0 Å². The minimum absolute atomic E-state index is 0.151. The maximum absolute atomic E-state index is 11.7. The normalized spacial score (nSPS) is 13.2. The number of methoxy groups -OCH3 is 2. The number of amides is 2. The maximum Gasteiger partial charge on any atom is 0.247 e. The van der Waals surface area contributed by atoms with Crippen LogP contribution in [0.4, 0.5) is 0 Å². The molecule has 6 nitrogen and oxygen atoms in total. The Morgan fingerprint density at radius 1 is 0.861 bits per heavy atom. The summed E-state index contributed by atoms with van der Waals surface area (Å²) in [5.74, 6) is 0.798. The summed E-state index contributed by atoms with van der Waals surface area (Å²) in [6.07, 6.45) is 26.1. The van der Waals surface area contributed by atoms with Gasteiger partial charge in [0.2, 0.25) is 11.8 Å². The van der Waals surface area contributed by atoms with Crippen molar-refractivity contribution in [3.63, 3.8) is 0 Å². The van der Waals surface area contributed by atoms with Crippen LogP contribution in [0.5, 0.6) is 0 Å². The fourth-order valence-electron chi connectivity index (χ4n) is 3.71. The third kappa shape index (κ3) is 24.9. The van der Waals surface area contributed by atoms with Crippen molar-refractivity contribution in [1.82, 2.24) is 10.6 Å². The zero-order valence-corrected chi connectivity index (χ0v) is 23.4. The van der Waals surface area contributed by atoms with Gasteiger partial charge in [0, 0.05) is 46.1 Å². The van der Waals surface area contributed by atoms with Gasteiger partial charge in [-0.25, -0.2) is 0 Å². The van der Waals surface area contributed by atoms with E-state index in [9.17, 15) is 9.59 Å². The predicted molar refractivity (Wildman–Crippen MR) is 151 cm³/mol. The Hall–Kier alpha value is -2.18. The van der Waals surface area contributed by atoms with E-state index >= 15 is 0 Å². The van der Waals surface area contributed by atoms with E-state index in [1.807, 2.05) is 6.08 Å². The lowest BCUT2D eigenvalue weighted by molar-refractivity contribution is -0.121. The van der Waals surface area contributed by atoms with Gasteiger partial charge in [-0.3, -0.25) is 9.59 Å². The second-order valence-electron chi connectivity index (χ2n) is 9.44. The SMILES string of the molecule is COC/C=C/NC(=O)/C=C/C=C/C/C=C(\C)CCCCC(C)CCCCCCC(=O)NCCCOC. The number of carbonyl (C=O) groups is 2. The highest BCUT2D eigenvalue weighted by Crippen LogP contribution is 2.18. The first-order valence-corrected chi connectivity index (χ1v) is 13.7. The van der Waals surface area contributed by atoms with Crippen LogP contribution in [-0.4, -0.2) is 45.8 Å². The van der Waals surface area contributed by atoms with Crippen LogP contribution < -0.4 is 10.6 Å². The fraction of sp³-hybridized carbons (Fsp3) is 0.667. The largest absolute Gasteiger partial charge is 0.385 e. The Morgan fingerprint density at radius 3 is 2.33 bits per heavy atom. The Kier molecular flexibility index (Phi) is 24.3. The highest BCUT2D eigenvalue weighted by atomic mass is 16.5. The molecule has 36 heavy (non-hydrogen) atoms. The minimum atomic E-state index is -0.151.